The van der Waals surface area contributed by atoms with Crippen molar-refractivity contribution in [2.45, 2.75) is 43.6 Å². The summed E-state index contributed by atoms with van der Waals surface area (Å²) >= 11 is 6.56. The topological polar surface area (TPSA) is 98.4 Å². The van der Waals surface area contributed by atoms with Crippen molar-refractivity contribution in [3.05, 3.63) is 77.1 Å². The van der Waals surface area contributed by atoms with Crippen LogP contribution in [-0.2, 0) is 19.4 Å². The zero-order chi connectivity index (χ0) is 28.4. The highest BCUT2D eigenvalue weighted by atomic mass is 35.5. The Hall–Kier alpha value is -3.50. The van der Waals surface area contributed by atoms with Crippen LogP contribution in [0.25, 0.3) is 22.2 Å². The Labute approximate surface area is 235 Å². The van der Waals surface area contributed by atoms with Gasteiger partial charge in [0.15, 0.2) is 9.84 Å². The molecule has 0 spiro atoms. The summed E-state index contributed by atoms with van der Waals surface area (Å²) in [6, 6.07) is 16.1. The van der Waals surface area contributed by atoms with Crippen LogP contribution in [0.5, 0.6) is 5.75 Å². The number of aromatic nitrogens is 2. The molecule has 1 aromatic heterocycles. The van der Waals surface area contributed by atoms with Gasteiger partial charge >= 0.3 is 12.6 Å². The third kappa shape index (κ3) is 6.28. The summed E-state index contributed by atoms with van der Waals surface area (Å²) in [6.07, 6.45) is 1.83. The van der Waals surface area contributed by atoms with Crippen LogP contribution in [0.4, 0.5) is 8.78 Å². The Morgan fingerprint density at radius 1 is 1.10 bits per heavy atom. The molecule has 4 aromatic rings. The number of esters is 1. The molecule has 0 bridgehead atoms. The monoisotopic (exact) mass is 588 g/mol. The minimum absolute atomic E-state index is 0.0218. The van der Waals surface area contributed by atoms with E-state index in [1.165, 1.54) is 6.07 Å². The van der Waals surface area contributed by atoms with Gasteiger partial charge in [-0.2, -0.15) is 8.78 Å². The normalized spacial score (nSPS) is 14.4. The standard InChI is InChI=1S/C29H27ClF2N2O5S/c1-2-38-27(35)14-21(18-9-11-19(12-10-18)40(36,37)16-17-7-8-17)28-33-24-13-22(23(30)15-25(24)34-28)20-5-3-4-6-26(20)39-29(31)32/h3-6,9-13,15,17,21,29H,2,7-8,14,16H2,1H3,(H,33,34)/t21-/m0/s1. The molecular weight excluding hydrogens is 562 g/mol. The largest absolute Gasteiger partial charge is 0.466 e. The maximum Gasteiger partial charge on any atom is 0.387 e. The molecule has 5 rings (SSSR count). The maximum atomic E-state index is 13.0. The Balaban J connectivity index is 1.52. The number of hydrogen-bond donors (Lipinski definition) is 1. The number of H-pyrrole nitrogens is 1. The Kier molecular flexibility index (Phi) is 8.09. The fourth-order valence-corrected chi connectivity index (χ4v) is 6.63. The number of alkyl halides is 2. The molecule has 1 saturated carbocycles. The maximum absolute atomic E-state index is 13.0. The van der Waals surface area contributed by atoms with Crippen LogP contribution in [0.3, 0.4) is 0 Å². The predicted molar refractivity (Wildman–Crippen MR) is 147 cm³/mol. The van der Waals surface area contributed by atoms with Gasteiger partial charge in [0.05, 0.1) is 45.6 Å². The van der Waals surface area contributed by atoms with Gasteiger partial charge in [0.1, 0.15) is 11.6 Å². The highest BCUT2D eigenvalue weighted by molar-refractivity contribution is 7.91. The SMILES string of the molecule is CCOC(=O)C[C@@H](c1ccc(S(=O)(=O)CC2CC2)cc1)c1nc2cc(-c3ccccc3OC(F)F)c(Cl)cc2[nH]1. The second-order valence-electron chi connectivity index (χ2n) is 9.70. The zero-order valence-corrected chi connectivity index (χ0v) is 23.1. The van der Waals surface area contributed by atoms with Crippen LogP contribution < -0.4 is 4.74 Å². The van der Waals surface area contributed by atoms with Crippen molar-refractivity contribution in [1.29, 1.82) is 0 Å². The van der Waals surface area contributed by atoms with Gasteiger partial charge in [0, 0.05) is 11.1 Å². The van der Waals surface area contributed by atoms with Crippen molar-refractivity contribution >= 4 is 38.4 Å². The summed E-state index contributed by atoms with van der Waals surface area (Å²) in [5.74, 6) is -0.217. The van der Waals surface area contributed by atoms with E-state index in [1.807, 2.05) is 0 Å². The molecule has 1 heterocycles. The lowest BCUT2D eigenvalue weighted by molar-refractivity contribution is -0.143. The molecule has 0 aliphatic heterocycles. The van der Waals surface area contributed by atoms with Gasteiger partial charge in [-0.1, -0.05) is 41.9 Å². The molecule has 1 aliphatic rings. The first-order chi connectivity index (χ1) is 19.1. The van der Waals surface area contributed by atoms with Gasteiger partial charge < -0.3 is 14.5 Å². The van der Waals surface area contributed by atoms with E-state index in [0.717, 1.165) is 12.8 Å². The molecule has 0 amide bonds. The Morgan fingerprint density at radius 2 is 1.82 bits per heavy atom. The highest BCUT2D eigenvalue weighted by Gasteiger charge is 2.30. The number of carbonyl (C=O) groups is 1. The first kappa shape index (κ1) is 28.0. The van der Waals surface area contributed by atoms with E-state index in [0.29, 0.717) is 38.6 Å². The number of benzene rings is 3. The molecule has 7 nitrogen and oxygen atoms in total. The smallest absolute Gasteiger partial charge is 0.387 e. The van der Waals surface area contributed by atoms with Crippen LogP contribution in [0, 0.1) is 5.92 Å². The van der Waals surface area contributed by atoms with Crippen LogP contribution in [-0.4, -0.2) is 43.3 Å². The number of carbonyl (C=O) groups excluding carboxylic acids is 1. The lowest BCUT2D eigenvalue weighted by atomic mass is 9.95. The average Bonchev–Trinajstić information content (AvgIpc) is 3.62. The summed E-state index contributed by atoms with van der Waals surface area (Å²) in [4.78, 5) is 20.7. The molecule has 1 fully saturated rings. The number of aromatic amines is 1. The number of para-hydroxylation sites is 1. The van der Waals surface area contributed by atoms with E-state index in [2.05, 4.69) is 9.72 Å². The number of fused-ring (bicyclic) bond motifs is 1. The second-order valence-corrected chi connectivity index (χ2v) is 12.1. The summed E-state index contributed by atoms with van der Waals surface area (Å²) in [6.45, 7) is -1.07. The number of imidazole rings is 1. The van der Waals surface area contributed by atoms with E-state index in [1.54, 1.807) is 61.5 Å². The van der Waals surface area contributed by atoms with Crippen molar-refractivity contribution in [2.75, 3.05) is 12.4 Å². The molecule has 40 heavy (non-hydrogen) atoms. The molecule has 0 saturated heterocycles. The van der Waals surface area contributed by atoms with Gasteiger partial charge in [-0.3, -0.25) is 4.79 Å². The highest BCUT2D eigenvalue weighted by Crippen LogP contribution is 2.39. The third-order valence-corrected chi connectivity index (χ3v) is 9.00. The predicted octanol–water partition coefficient (Wildman–Crippen LogP) is 6.75. The molecular formula is C29H27ClF2N2O5S. The second kappa shape index (κ2) is 11.5. The summed E-state index contributed by atoms with van der Waals surface area (Å²) in [7, 11) is -3.39. The van der Waals surface area contributed by atoms with E-state index in [9.17, 15) is 22.0 Å². The van der Waals surface area contributed by atoms with Crippen molar-refractivity contribution in [1.82, 2.24) is 9.97 Å². The van der Waals surface area contributed by atoms with Gasteiger partial charge in [0.25, 0.3) is 0 Å². The van der Waals surface area contributed by atoms with Crippen LogP contribution >= 0.6 is 11.6 Å². The van der Waals surface area contributed by atoms with Crippen LogP contribution in [0.15, 0.2) is 65.6 Å². The van der Waals surface area contributed by atoms with Crippen LogP contribution in [0.1, 0.15) is 43.5 Å². The number of nitrogens with zero attached hydrogens (tertiary/aromatic N) is 1. The van der Waals surface area contributed by atoms with E-state index in [-0.39, 0.29) is 35.3 Å². The zero-order valence-electron chi connectivity index (χ0n) is 21.6. The van der Waals surface area contributed by atoms with Crippen molar-refractivity contribution in [3.8, 4) is 16.9 Å². The van der Waals surface area contributed by atoms with Gasteiger partial charge in [-0.25, -0.2) is 13.4 Å². The molecule has 0 unspecified atom stereocenters. The minimum Gasteiger partial charge on any atom is -0.466 e. The number of sulfone groups is 1. The summed E-state index contributed by atoms with van der Waals surface area (Å²) in [5.41, 5.74) is 2.59. The number of rotatable bonds is 11. The average molecular weight is 589 g/mol. The quantitative estimate of drug-likeness (QED) is 0.195. The molecule has 1 aliphatic carbocycles. The molecule has 1 N–H and O–H groups in total. The Morgan fingerprint density at radius 3 is 2.50 bits per heavy atom. The van der Waals surface area contributed by atoms with Crippen molar-refractivity contribution in [2.24, 2.45) is 5.92 Å². The molecule has 0 radical (unpaired) electrons. The Bertz CT molecular complexity index is 1640. The summed E-state index contributed by atoms with van der Waals surface area (Å²) < 4.78 is 61.3. The number of nitrogens with one attached hydrogen (secondary N) is 1. The minimum atomic E-state index is -3.39. The van der Waals surface area contributed by atoms with Gasteiger partial charge in [-0.05, 0) is 61.6 Å². The fraction of sp³-hybridized carbons (Fsp3) is 0.310. The first-order valence-electron chi connectivity index (χ1n) is 12.9. The number of ether oxygens (including phenoxy) is 2. The first-order valence-corrected chi connectivity index (χ1v) is 14.9. The van der Waals surface area contributed by atoms with E-state index in [4.69, 9.17) is 21.3 Å². The molecule has 210 valence electrons. The van der Waals surface area contributed by atoms with E-state index >= 15 is 0 Å². The third-order valence-electron chi connectivity index (χ3n) is 6.78. The lowest BCUT2D eigenvalue weighted by Gasteiger charge is -2.15. The fourth-order valence-electron chi connectivity index (χ4n) is 4.67. The van der Waals surface area contributed by atoms with Crippen LogP contribution in [0.2, 0.25) is 5.02 Å². The number of hydrogen-bond acceptors (Lipinski definition) is 6. The van der Waals surface area contributed by atoms with Crippen molar-refractivity contribution < 1.29 is 31.5 Å². The van der Waals surface area contributed by atoms with Crippen molar-refractivity contribution in [3.63, 3.8) is 0 Å². The van der Waals surface area contributed by atoms with Gasteiger partial charge in [-0.15, -0.1) is 0 Å². The number of halogens is 3. The molecule has 3 aromatic carbocycles. The molecule has 11 heteroatoms. The van der Waals surface area contributed by atoms with E-state index < -0.39 is 28.3 Å². The summed E-state index contributed by atoms with van der Waals surface area (Å²) in [5, 5.41) is 0.292. The lowest BCUT2D eigenvalue weighted by Crippen LogP contribution is -2.13. The van der Waals surface area contributed by atoms with Gasteiger partial charge in [0.2, 0.25) is 0 Å². The molecule has 1 atom stereocenters.